The maximum atomic E-state index is 12.8. The fourth-order valence-corrected chi connectivity index (χ4v) is 4.62. The van der Waals surface area contributed by atoms with Gasteiger partial charge in [-0.15, -0.1) is 0 Å². The fraction of sp³-hybridized carbons (Fsp3) is 0.286. The van der Waals surface area contributed by atoms with E-state index in [2.05, 4.69) is 24.3 Å². The summed E-state index contributed by atoms with van der Waals surface area (Å²) in [6, 6.07) is 16.3. The summed E-state index contributed by atoms with van der Waals surface area (Å²) in [5.41, 5.74) is 1.69. The number of Topliss-reactive ketones (excluding diaryl/α,β-unsaturated/α-hetero) is 1. The van der Waals surface area contributed by atoms with Crippen molar-refractivity contribution in [3.63, 3.8) is 0 Å². The predicted molar refractivity (Wildman–Crippen MR) is 106 cm³/mol. The lowest BCUT2D eigenvalue weighted by atomic mass is 10.2. The molecule has 0 saturated carbocycles. The summed E-state index contributed by atoms with van der Waals surface area (Å²) in [5, 5.41) is 0. The first kappa shape index (κ1) is 19.5. The Morgan fingerprint density at radius 1 is 1.04 bits per heavy atom. The van der Waals surface area contributed by atoms with E-state index >= 15 is 0 Å². The SMILES string of the molecule is CC(=O)c1ccc(S(=O)(=O)N2CC[NH+](C/C=C/c3ccccc3)CC2)cc1. The quantitative estimate of drug-likeness (QED) is 0.767. The van der Waals surface area contributed by atoms with E-state index in [-0.39, 0.29) is 10.7 Å². The van der Waals surface area contributed by atoms with Crippen LogP contribution >= 0.6 is 0 Å². The Labute approximate surface area is 161 Å². The highest BCUT2D eigenvalue weighted by Crippen LogP contribution is 2.16. The summed E-state index contributed by atoms with van der Waals surface area (Å²) in [5.74, 6) is -0.0697. The number of rotatable bonds is 6. The molecule has 0 aliphatic carbocycles. The van der Waals surface area contributed by atoms with Crippen molar-refractivity contribution in [1.82, 2.24) is 4.31 Å². The van der Waals surface area contributed by atoms with Crippen LogP contribution in [0, 0.1) is 0 Å². The fourth-order valence-electron chi connectivity index (χ4n) is 3.18. The van der Waals surface area contributed by atoms with Crippen molar-refractivity contribution < 1.29 is 18.1 Å². The van der Waals surface area contributed by atoms with Crippen molar-refractivity contribution in [1.29, 1.82) is 0 Å². The Morgan fingerprint density at radius 2 is 1.67 bits per heavy atom. The molecule has 1 fully saturated rings. The van der Waals surface area contributed by atoms with E-state index in [4.69, 9.17) is 0 Å². The molecule has 0 radical (unpaired) electrons. The molecule has 142 valence electrons. The molecule has 0 spiro atoms. The van der Waals surface area contributed by atoms with E-state index in [0.29, 0.717) is 18.7 Å². The van der Waals surface area contributed by atoms with Gasteiger partial charge in [0.05, 0.1) is 37.6 Å². The molecule has 0 bridgehead atoms. The van der Waals surface area contributed by atoms with Gasteiger partial charge in [-0.2, -0.15) is 4.31 Å². The molecular weight excluding hydrogens is 360 g/mol. The van der Waals surface area contributed by atoms with E-state index in [1.807, 2.05) is 18.2 Å². The Balaban J connectivity index is 1.56. The highest BCUT2D eigenvalue weighted by atomic mass is 32.2. The highest BCUT2D eigenvalue weighted by Gasteiger charge is 2.29. The Kier molecular flexibility index (Phi) is 6.21. The monoisotopic (exact) mass is 385 g/mol. The third-order valence-electron chi connectivity index (χ3n) is 4.84. The highest BCUT2D eigenvalue weighted by molar-refractivity contribution is 7.89. The van der Waals surface area contributed by atoms with E-state index in [9.17, 15) is 13.2 Å². The average molecular weight is 386 g/mol. The summed E-state index contributed by atoms with van der Waals surface area (Å²) in [7, 11) is -3.50. The first-order valence-corrected chi connectivity index (χ1v) is 10.6. The zero-order valence-corrected chi connectivity index (χ0v) is 16.3. The van der Waals surface area contributed by atoms with Gasteiger partial charge in [-0.25, -0.2) is 8.42 Å². The minimum absolute atomic E-state index is 0.0697. The molecular formula is C21H25N2O3S+. The van der Waals surface area contributed by atoms with Crippen molar-refractivity contribution in [2.24, 2.45) is 0 Å². The van der Waals surface area contributed by atoms with Gasteiger partial charge in [-0.05, 0) is 30.7 Å². The van der Waals surface area contributed by atoms with E-state index in [1.165, 1.54) is 29.5 Å². The largest absolute Gasteiger partial charge is 0.329 e. The number of nitrogens with one attached hydrogen (secondary N) is 1. The van der Waals surface area contributed by atoms with Crippen LogP contribution < -0.4 is 4.90 Å². The van der Waals surface area contributed by atoms with Crippen molar-refractivity contribution in [3.05, 3.63) is 71.8 Å². The van der Waals surface area contributed by atoms with Gasteiger partial charge in [0.2, 0.25) is 10.0 Å². The molecule has 5 nitrogen and oxygen atoms in total. The molecule has 2 aromatic rings. The van der Waals surface area contributed by atoms with Gasteiger partial charge in [-0.1, -0.05) is 48.5 Å². The van der Waals surface area contributed by atoms with Crippen LogP contribution in [0.3, 0.4) is 0 Å². The number of hydrogen-bond donors (Lipinski definition) is 1. The third-order valence-corrected chi connectivity index (χ3v) is 6.76. The zero-order valence-electron chi connectivity index (χ0n) is 15.5. The van der Waals surface area contributed by atoms with Gasteiger partial charge < -0.3 is 4.90 Å². The van der Waals surface area contributed by atoms with E-state index < -0.39 is 10.0 Å². The van der Waals surface area contributed by atoms with Gasteiger partial charge in [-0.3, -0.25) is 4.79 Å². The summed E-state index contributed by atoms with van der Waals surface area (Å²) in [4.78, 5) is 13.0. The van der Waals surface area contributed by atoms with Crippen LogP contribution in [0.25, 0.3) is 6.08 Å². The Bertz CT molecular complexity index is 898. The van der Waals surface area contributed by atoms with E-state index in [1.54, 1.807) is 16.4 Å². The second-order valence-electron chi connectivity index (χ2n) is 6.75. The molecule has 1 aliphatic rings. The number of benzene rings is 2. The Morgan fingerprint density at radius 3 is 2.26 bits per heavy atom. The zero-order chi connectivity index (χ0) is 19.3. The summed E-state index contributed by atoms with van der Waals surface area (Å²) < 4.78 is 27.1. The number of sulfonamides is 1. The lowest BCUT2D eigenvalue weighted by Gasteiger charge is -2.31. The number of piperazine rings is 1. The average Bonchev–Trinajstić information content (AvgIpc) is 2.69. The van der Waals surface area contributed by atoms with Gasteiger partial charge in [0.25, 0.3) is 0 Å². The summed E-state index contributed by atoms with van der Waals surface area (Å²) in [6.07, 6.45) is 4.25. The summed E-state index contributed by atoms with van der Waals surface area (Å²) >= 11 is 0. The van der Waals surface area contributed by atoms with Crippen LogP contribution in [-0.4, -0.2) is 51.2 Å². The maximum absolute atomic E-state index is 12.8. The van der Waals surface area contributed by atoms with Gasteiger partial charge >= 0.3 is 0 Å². The molecule has 27 heavy (non-hydrogen) atoms. The molecule has 3 rings (SSSR count). The Hall–Kier alpha value is -2.28. The number of ketones is 1. The lowest BCUT2D eigenvalue weighted by molar-refractivity contribution is -0.897. The van der Waals surface area contributed by atoms with Crippen LogP contribution in [0.1, 0.15) is 22.8 Å². The smallest absolute Gasteiger partial charge is 0.243 e. The molecule has 6 heteroatoms. The van der Waals surface area contributed by atoms with E-state index in [0.717, 1.165) is 19.6 Å². The van der Waals surface area contributed by atoms with Crippen LogP contribution in [0.5, 0.6) is 0 Å². The van der Waals surface area contributed by atoms with Crippen LogP contribution in [0.2, 0.25) is 0 Å². The normalized spacial score (nSPS) is 16.6. The third kappa shape index (κ3) is 4.91. The first-order chi connectivity index (χ1) is 13.0. The second-order valence-corrected chi connectivity index (χ2v) is 8.69. The molecule has 2 aromatic carbocycles. The number of hydrogen-bond acceptors (Lipinski definition) is 3. The van der Waals surface area contributed by atoms with Crippen LogP contribution in [0.15, 0.2) is 65.6 Å². The van der Waals surface area contributed by atoms with Gasteiger partial charge in [0.1, 0.15) is 0 Å². The molecule has 0 unspecified atom stereocenters. The minimum Gasteiger partial charge on any atom is -0.329 e. The molecule has 0 amide bonds. The van der Waals surface area contributed by atoms with Crippen molar-refractivity contribution in [2.45, 2.75) is 11.8 Å². The number of carbonyl (C=O) groups is 1. The topological polar surface area (TPSA) is 58.9 Å². The molecule has 0 atom stereocenters. The molecule has 0 aromatic heterocycles. The van der Waals surface area contributed by atoms with Crippen molar-refractivity contribution >= 4 is 21.9 Å². The maximum Gasteiger partial charge on any atom is 0.243 e. The second kappa shape index (κ2) is 8.61. The lowest BCUT2D eigenvalue weighted by Crippen LogP contribution is -3.14. The standard InChI is InChI=1S/C21H24N2O3S/c1-18(24)20-9-11-21(12-10-20)27(25,26)23-16-14-22(15-17-23)13-5-8-19-6-3-2-4-7-19/h2-12H,13-17H2,1H3/p+1/b8-5+. The van der Waals surface area contributed by atoms with Crippen molar-refractivity contribution in [2.75, 3.05) is 32.7 Å². The number of nitrogens with zero attached hydrogens (tertiary/aromatic N) is 1. The minimum atomic E-state index is -3.50. The molecule has 1 N–H and O–H groups in total. The molecule has 1 aliphatic heterocycles. The molecule has 1 heterocycles. The van der Waals surface area contributed by atoms with Crippen LogP contribution in [0.4, 0.5) is 0 Å². The number of quaternary nitrogens is 1. The van der Waals surface area contributed by atoms with Gasteiger partial charge in [0.15, 0.2) is 5.78 Å². The summed E-state index contributed by atoms with van der Waals surface area (Å²) in [6.45, 7) is 4.93. The predicted octanol–water partition coefficient (Wildman–Crippen LogP) is 1.49. The first-order valence-electron chi connectivity index (χ1n) is 9.13. The van der Waals surface area contributed by atoms with Crippen LogP contribution in [-0.2, 0) is 10.0 Å². The molecule has 1 saturated heterocycles. The van der Waals surface area contributed by atoms with Crippen molar-refractivity contribution in [3.8, 4) is 0 Å². The number of carbonyl (C=O) groups excluding carboxylic acids is 1. The van der Waals surface area contributed by atoms with Gasteiger partial charge in [0, 0.05) is 5.56 Å².